The number of aliphatic carboxylic acids is 1. The van der Waals surface area contributed by atoms with Gasteiger partial charge in [0, 0.05) is 50.8 Å². The molecule has 35 heavy (non-hydrogen) atoms. The average Bonchev–Trinajstić information content (AvgIpc) is 2.87. The number of benzene rings is 2. The zero-order valence-electron chi connectivity index (χ0n) is 20.2. The maximum Gasteiger partial charge on any atom is 0.303 e. The number of carboxylic acid groups (broad SMARTS) is 1. The smallest absolute Gasteiger partial charge is 0.303 e. The van der Waals surface area contributed by atoms with Crippen molar-refractivity contribution in [1.29, 1.82) is 0 Å². The Morgan fingerprint density at radius 3 is 2.57 bits per heavy atom. The highest BCUT2D eigenvalue weighted by Crippen LogP contribution is 2.29. The lowest BCUT2D eigenvalue weighted by Gasteiger charge is -2.36. The Kier molecular flexibility index (Phi) is 8.84. The number of amides is 1. The van der Waals surface area contributed by atoms with Gasteiger partial charge in [0.1, 0.15) is 11.5 Å². The van der Waals surface area contributed by atoms with Gasteiger partial charge in [-0.05, 0) is 56.0 Å². The van der Waals surface area contributed by atoms with Gasteiger partial charge in [-0.25, -0.2) is 0 Å². The van der Waals surface area contributed by atoms with Crippen LogP contribution in [0.3, 0.4) is 0 Å². The molecule has 0 bridgehead atoms. The Morgan fingerprint density at radius 2 is 1.74 bits per heavy atom. The van der Waals surface area contributed by atoms with Gasteiger partial charge in [-0.3, -0.25) is 14.5 Å². The van der Waals surface area contributed by atoms with Crippen LogP contribution in [0, 0.1) is 0 Å². The van der Waals surface area contributed by atoms with Crippen LogP contribution in [0.15, 0.2) is 42.5 Å². The van der Waals surface area contributed by atoms with Gasteiger partial charge in [0.2, 0.25) is 5.91 Å². The summed E-state index contributed by atoms with van der Waals surface area (Å²) in [6.45, 7) is 5.99. The molecule has 2 aromatic rings. The third-order valence-electron chi connectivity index (χ3n) is 6.49. The van der Waals surface area contributed by atoms with Crippen molar-refractivity contribution in [1.82, 2.24) is 4.90 Å². The van der Waals surface area contributed by atoms with Gasteiger partial charge in [-0.15, -0.1) is 0 Å². The SMILES string of the molecule is O=C(O)CCCOc1ccccc1N1CCN(CCCCOc2ccc3c(c2)NC(=O)CC3)CC1. The van der Waals surface area contributed by atoms with Crippen molar-refractivity contribution in [2.45, 2.75) is 38.5 Å². The number of para-hydroxylation sites is 2. The number of carbonyl (C=O) groups excluding carboxylic acids is 1. The van der Waals surface area contributed by atoms with Crippen LogP contribution in [0.2, 0.25) is 0 Å². The number of anilines is 2. The van der Waals surface area contributed by atoms with E-state index >= 15 is 0 Å². The van der Waals surface area contributed by atoms with Crippen molar-refractivity contribution in [2.24, 2.45) is 0 Å². The van der Waals surface area contributed by atoms with Crippen molar-refractivity contribution in [3.63, 3.8) is 0 Å². The molecule has 0 atom stereocenters. The zero-order chi connectivity index (χ0) is 24.5. The van der Waals surface area contributed by atoms with Crippen molar-refractivity contribution in [2.75, 3.05) is 56.2 Å². The molecule has 0 unspecified atom stereocenters. The van der Waals surface area contributed by atoms with Gasteiger partial charge in [-0.1, -0.05) is 18.2 Å². The van der Waals surface area contributed by atoms with E-state index in [2.05, 4.69) is 21.2 Å². The monoisotopic (exact) mass is 481 g/mol. The summed E-state index contributed by atoms with van der Waals surface area (Å²) >= 11 is 0. The lowest BCUT2D eigenvalue weighted by molar-refractivity contribution is -0.137. The molecule has 2 heterocycles. The van der Waals surface area contributed by atoms with E-state index in [1.54, 1.807) is 0 Å². The Bertz CT molecular complexity index is 1000. The van der Waals surface area contributed by atoms with Crippen LogP contribution < -0.4 is 19.7 Å². The highest BCUT2D eigenvalue weighted by Gasteiger charge is 2.19. The molecule has 1 fully saturated rings. The molecule has 188 valence electrons. The van der Waals surface area contributed by atoms with Crippen molar-refractivity contribution in [3.05, 3.63) is 48.0 Å². The number of aryl methyl sites for hydroxylation is 1. The number of piperazine rings is 1. The predicted molar refractivity (Wildman–Crippen MR) is 136 cm³/mol. The molecule has 4 rings (SSSR count). The summed E-state index contributed by atoms with van der Waals surface area (Å²) in [6.07, 6.45) is 4.03. The first-order chi connectivity index (χ1) is 17.1. The van der Waals surface area contributed by atoms with Gasteiger partial charge < -0.3 is 24.8 Å². The number of ether oxygens (including phenoxy) is 2. The lowest BCUT2D eigenvalue weighted by atomic mass is 10.0. The van der Waals surface area contributed by atoms with E-state index in [4.69, 9.17) is 14.6 Å². The highest BCUT2D eigenvalue weighted by molar-refractivity contribution is 5.94. The lowest BCUT2D eigenvalue weighted by Crippen LogP contribution is -2.46. The fourth-order valence-corrected chi connectivity index (χ4v) is 4.53. The molecule has 2 aliphatic rings. The largest absolute Gasteiger partial charge is 0.494 e. The number of hydrogen-bond acceptors (Lipinski definition) is 6. The summed E-state index contributed by atoms with van der Waals surface area (Å²) in [5.41, 5.74) is 3.13. The average molecular weight is 482 g/mol. The maximum atomic E-state index is 11.6. The summed E-state index contributed by atoms with van der Waals surface area (Å²) < 4.78 is 11.8. The minimum Gasteiger partial charge on any atom is -0.494 e. The fraction of sp³-hybridized carbons (Fsp3) is 0.481. The zero-order valence-corrected chi connectivity index (χ0v) is 20.2. The second-order valence-corrected chi connectivity index (χ2v) is 9.06. The van der Waals surface area contributed by atoms with Crippen LogP contribution in [0.1, 0.15) is 37.7 Å². The molecular formula is C27H35N3O5. The van der Waals surface area contributed by atoms with E-state index in [0.29, 0.717) is 26.1 Å². The summed E-state index contributed by atoms with van der Waals surface area (Å²) in [5.74, 6) is 0.910. The minimum absolute atomic E-state index is 0.0708. The van der Waals surface area contributed by atoms with Crippen molar-refractivity contribution < 1.29 is 24.2 Å². The minimum atomic E-state index is -0.793. The van der Waals surface area contributed by atoms with Crippen LogP contribution in [-0.4, -0.2) is 67.8 Å². The van der Waals surface area contributed by atoms with Crippen LogP contribution in [-0.2, 0) is 16.0 Å². The van der Waals surface area contributed by atoms with Gasteiger partial charge in [0.05, 0.1) is 18.9 Å². The molecule has 0 radical (unpaired) electrons. The van der Waals surface area contributed by atoms with Gasteiger partial charge in [0.15, 0.2) is 0 Å². The molecule has 8 nitrogen and oxygen atoms in total. The first-order valence-corrected chi connectivity index (χ1v) is 12.5. The number of nitrogens with one attached hydrogen (secondary N) is 1. The maximum absolute atomic E-state index is 11.6. The molecule has 1 saturated heterocycles. The summed E-state index contributed by atoms with van der Waals surface area (Å²) in [5, 5.41) is 11.7. The molecular weight excluding hydrogens is 446 g/mol. The molecule has 8 heteroatoms. The second kappa shape index (κ2) is 12.4. The third kappa shape index (κ3) is 7.36. The van der Waals surface area contributed by atoms with E-state index < -0.39 is 5.97 Å². The number of hydrogen-bond donors (Lipinski definition) is 2. The van der Waals surface area contributed by atoms with E-state index in [9.17, 15) is 9.59 Å². The Morgan fingerprint density at radius 1 is 0.943 bits per heavy atom. The normalized spacial score (nSPS) is 15.9. The van der Waals surface area contributed by atoms with Crippen LogP contribution in [0.4, 0.5) is 11.4 Å². The molecule has 0 aliphatic carbocycles. The number of nitrogens with zero attached hydrogens (tertiary/aromatic N) is 2. The third-order valence-corrected chi connectivity index (χ3v) is 6.49. The van der Waals surface area contributed by atoms with E-state index in [0.717, 1.165) is 74.9 Å². The molecule has 2 aromatic carbocycles. The number of carbonyl (C=O) groups is 2. The van der Waals surface area contributed by atoms with Crippen LogP contribution in [0.25, 0.3) is 0 Å². The molecule has 2 aliphatic heterocycles. The Balaban J connectivity index is 1.14. The Hall–Kier alpha value is -3.26. The molecule has 2 N–H and O–H groups in total. The molecule has 0 aromatic heterocycles. The molecule has 0 saturated carbocycles. The molecule has 0 spiro atoms. The summed E-state index contributed by atoms with van der Waals surface area (Å²) in [7, 11) is 0. The van der Waals surface area contributed by atoms with Crippen molar-refractivity contribution in [3.8, 4) is 11.5 Å². The predicted octanol–water partition coefficient (Wildman–Crippen LogP) is 3.80. The number of carboxylic acids is 1. The number of unbranched alkanes of at least 4 members (excludes halogenated alkanes) is 1. The van der Waals surface area contributed by atoms with E-state index in [1.807, 2.05) is 36.4 Å². The van der Waals surface area contributed by atoms with E-state index in [-0.39, 0.29) is 12.3 Å². The van der Waals surface area contributed by atoms with Crippen LogP contribution in [0.5, 0.6) is 11.5 Å². The second-order valence-electron chi connectivity index (χ2n) is 9.06. The van der Waals surface area contributed by atoms with Crippen molar-refractivity contribution >= 4 is 23.3 Å². The summed E-state index contributed by atoms with van der Waals surface area (Å²) in [4.78, 5) is 27.1. The quantitative estimate of drug-likeness (QED) is 0.446. The van der Waals surface area contributed by atoms with Gasteiger partial charge in [-0.2, -0.15) is 0 Å². The Labute approximate surface area is 206 Å². The highest BCUT2D eigenvalue weighted by atomic mass is 16.5. The topological polar surface area (TPSA) is 91.3 Å². The first kappa shape index (κ1) is 24.9. The van der Waals surface area contributed by atoms with Gasteiger partial charge >= 0.3 is 5.97 Å². The fourth-order valence-electron chi connectivity index (χ4n) is 4.53. The number of fused-ring (bicyclic) bond motifs is 1. The van der Waals surface area contributed by atoms with Crippen LogP contribution >= 0.6 is 0 Å². The standard InChI is InChI=1S/C27H35N3O5/c31-26-12-10-21-9-11-22(20-23(21)28-26)34-18-4-3-13-29-14-16-30(17-15-29)24-6-1-2-7-25(24)35-19-5-8-27(32)33/h1-2,6-7,9,11,20H,3-5,8,10,12-19H2,(H,28,31)(H,32,33). The first-order valence-electron chi connectivity index (χ1n) is 12.5. The molecule has 1 amide bonds. The van der Waals surface area contributed by atoms with Gasteiger partial charge in [0.25, 0.3) is 0 Å². The summed E-state index contributed by atoms with van der Waals surface area (Å²) in [6, 6.07) is 14.0. The van der Waals surface area contributed by atoms with E-state index in [1.165, 1.54) is 5.56 Å². The number of rotatable bonds is 12.